The molecule has 1 amide bonds. The molecule has 2 rings (SSSR count). The number of nitrogens with zero attached hydrogens (tertiary/aromatic N) is 3. The van der Waals surface area contributed by atoms with Crippen LogP contribution in [0.2, 0.25) is 0 Å². The van der Waals surface area contributed by atoms with Gasteiger partial charge in [-0.15, -0.1) is 0 Å². The molecule has 0 aliphatic rings. The molecule has 23 heavy (non-hydrogen) atoms. The van der Waals surface area contributed by atoms with Gasteiger partial charge in [0.25, 0.3) is 0 Å². The highest BCUT2D eigenvalue weighted by molar-refractivity contribution is 5.78. The Kier molecular flexibility index (Phi) is 6.23. The molecule has 122 valence electrons. The van der Waals surface area contributed by atoms with Crippen LogP contribution in [0.1, 0.15) is 36.2 Å². The third-order valence-corrected chi connectivity index (χ3v) is 3.65. The maximum atomic E-state index is 12.3. The van der Waals surface area contributed by atoms with Gasteiger partial charge in [0.15, 0.2) is 0 Å². The summed E-state index contributed by atoms with van der Waals surface area (Å²) in [7, 11) is 1.94. The lowest BCUT2D eigenvalue weighted by atomic mass is 10.1. The fraction of sp³-hybridized carbons (Fsp3) is 0.389. The van der Waals surface area contributed by atoms with Gasteiger partial charge in [-0.2, -0.15) is 0 Å². The number of aryl methyl sites for hydroxylation is 1. The van der Waals surface area contributed by atoms with Crippen LogP contribution in [0.5, 0.6) is 0 Å². The second kappa shape index (κ2) is 8.39. The monoisotopic (exact) mass is 312 g/mol. The molecule has 0 aromatic carbocycles. The van der Waals surface area contributed by atoms with Crippen molar-refractivity contribution in [2.24, 2.45) is 0 Å². The SMILES string of the molecule is CC[C@@H](NC(=O)CN(C)Cc1ccncc1)c1ccc(C)cn1. The topological polar surface area (TPSA) is 58.1 Å². The highest BCUT2D eigenvalue weighted by atomic mass is 16.2. The van der Waals surface area contributed by atoms with Gasteiger partial charge in [-0.05, 0) is 49.7 Å². The van der Waals surface area contributed by atoms with Gasteiger partial charge < -0.3 is 5.32 Å². The zero-order valence-corrected chi connectivity index (χ0v) is 14.0. The predicted molar refractivity (Wildman–Crippen MR) is 90.7 cm³/mol. The molecule has 1 N–H and O–H groups in total. The van der Waals surface area contributed by atoms with E-state index >= 15 is 0 Å². The molecule has 0 aliphatic carbocycles. The van der Waals surface area contributed by atoms with Crippen LogP contribution in [-0.2, 0) is 11.3 Å². The molecule has 2 aromatic rings. The van der Waals surface area contributed by atoms with Crippen molar-refractivity contribution in [2.75, 3.05) is 13.6 Å². The molecule has 0 fully saturated rings. The molecular formula is C18H24N4O. The lowest BCUT2D eigenvalue weighted by molar-refractivity contribution is -0.122. The van der Waals surface area contributed by atoms with Crippen molar-refractivity contribution in [1.82, 2.24) is 20.2 Å². The van der Waals surface area contributed by atoms with E-state index in [-0.39, 0.29) is 11.9 Å². The zero-order valence-electron chi connectivity index (χ0n) is 14.0. The number of hydrogen-bond donors (Lipinski definition) is 1. The number of amides is 1. The summed E-state index contributed by atoms with van der Waals surface area (Å²) in [6, 6.07) is 7.87. The lowest BCUT2D eigenvalue weighted by Crippen LogP contribution is -2.37. The van der Waals surface area contributed by atoms with E-state index < -0.39 is 0 Å². The minimum atomic E-state index is -0.0441. The fourth-order valence-corrected chi connectivity index (χ4v) is 2.41. The summed E-state index contributed by atoms with van der Waals surface area (Å²) in [5, 5.41) is 3.06. The molecule has 0 aliphatic heterocycles. The first kappa shape index (κ1) is 17.1. The molecule has 0 spiro atoms. The largest absolute Gasteiger partial charge is 0.347 e. The first-order valence-electron chi connectivity index (χ1n) is 7.88. The molecule has 0 radical (unpaired) electrons. The molecule has 0 bridgehead atoms. The second-order valence-electron chi connectivity index (χ2n) is 5.82. The minimum Gasteiger partial charge on any atom is -0.347 e. The Balaban J connectivity index is 1.88. The van der Waals surface area contributed by atoms with Crippen LogP contribution in [-0.4, -0.2) is 34.4 Å². The third kappa shape index (κ3) is 5.45. The van der Waals surface area contributed by atoms with Gasteiger partial charge in [0.05, 0.1) is 18.3 Å². The second-order valence-corrected chi connectivity index (χ2v) is 5.82. The van der Waals surface area contributed by atoms with Crippen LogP contribution < -0.4 is 5.32 Å². The first-order valence-corrected chi connectivity index (χ1v) is 7.88. The predicted octanol–water partition coefficient (Wildman–Crippen LogP) is 2.48. The highest BCUT2D eigenvalue weighted by Crippen LogP contribution is 2.14. The van der Waals surface area contributed by atoms with Crippen LogP contribution in [0.25, 0.3) is 0 Å². The standard InChI is InChI=1S/C18H24N4O/c1-4-16(17-6-5-14(2)11-20-17)21-18(23)13-22(3)12-15-7-9-19-10-8-15/h5-11,16H,4,12-13H2,1-3H3,(H,21,23)/t16-/m1/s1. The van der Waals surface area contributed by atoms with Crippen LogP contribution in [0.15, 0.2) is 42.9 Å². The van der Waals surface area contributed by atoms with Crippen LogP contribution in [0.4, 0.5) is 0 Å². The van der Waals surface area contributed by atoms with E-state index in [1.807, 2.05) is 56.3 Å². The molecule has 2 aromatic heterocycles. The smallest absolute Gasteiger partial charge is 0.234 e. The van der Waals surface area contributed by atoms with Gasteiger partial charge in [0.1, 0.15) is 0 Å². The van der Waals surface area contributed by atoms with Crippen LogP contribution in [0.3, 0.4) is 0 Å². The van der Waals surface area contributed by atoms with Crippen LogP contribution >= 0.6 is 0 Å². The summed E-state index contributed by atoms with van der Waals surface area (Å²) >= 11 is 0. The average Bonchev–Trinajstić information content (AvgIpc) is 2.54. The van der Waals surface area contributed by atoms with Crippen molar-refractivity contribution in [3.05, 3.63) is 59.7 Å². The maximum absolute atomic E-state index is 12.3. The van der Waals surface area contributed by atoms with Gasteiger partial charge in [-0.1, -0.05) is 13.0 Å². The van der Waals surface area contributed by atoms with Crippen molar-refractivity contribution in [1.29, 1.82) is 0 Å². The average molecular weight is 312 g/mol. The summed E-state index contributed by atoms with van der Waals surface area (Å²) in [6.45, 7) is 5.12. The van der Waals surface area contributed by atoms with E-state index in [0.717, 1.165) is 29.8 Å². The maximum Gasteiger partial charge on any atom is 0.234 e. The number of aromatic nitrogens is 2. The summed E-state index contributed by atoms with van der Waals surface area (Å²) in [5.41, 5.74) is 3.16. The number of rotatable bonds is 7. The van der Waals surface area contributed by atoms with E-state index in [1.54, 1.807) is 12.4 Å². The molecule has 2 heterocycles. The van der Waals surface area contributed by atoms with Crippen molar-refractivity contribution < 1.29 is 4.79 Å². The van der Waals surface area contributed by atoms with Crippen molar-refractivity contribution in [3.8, 4) is 0 Å². The Morgan fingerprint density at radius 2 is 2.00 bits per heavy atom. The first-order chi connectivity index (χ1) is 11.1. The normalized spacial score (nSPS) is 12.2. The molecule has 0 saturated heterocycles. The van der Waals surface area contributed by atoms with E-state index in [0.29, 0.717) is 6.54 Å². The van der Waals surface area contributed by atoms with Crippen molar-refractivity contribution >= 4 is 5.91 Å². The zero-order chi connectivity index (χ0) is 16.7. The number of nitrogens with one attached hydrogen (secondary N) is 1. The Morgan fingerprint density at radius 1 is 1.26 bits per heavy atom. The molecule has 1 atom stereocenters. The number of pyridine rings is 2. The summed E-state index contributed by atoms with van der Waals surface area (Å²) < 4.78 is 0. The summed E-state index contributed by atoms with van der Waals surface area (Å²) in [4.78, 5) is 22.7. The van der Waals surface area contributed by atoms with E-state index in [9.17, 15) is 4.79 Å². The lowest BCUT2D eigenvalue weighted by Gasteiger charge is -2.20. The summed E-state index contributed by atoms with van der Waals surface area (Å²) in [5.74, 6) is 0.00998. The van der Waals surface area contributed by atoms with E-state index in [4.69, 9.17) is 0 Å². The van der Waals surface area contributed by atoms with Gasteiger partial charge in [0.2, 0.25) is 5.91 Å². The highest BCUT2D eigenvalue weighted by Gasteiger charge is 2.15. The van der Waals surface area contributed by atoms with Crippen molar-refractivity contribution in [3.63, 3.8) is 0 Å². The number of carbonyl (C=O) groups excluding carboxylic acids is 1. The van der Waals surface area contributed by atoms with Gasteiger partial charge in [-0.25, -0.2) is 0 Å². The van der Waals surface area contributed by atoms with Gasteiger partial charge in [0, 0.05) is 25.1 Å². The Bertz CT molecular complexity index is 613. The quantitative estimate of drug-likeness (QED) is 0.853. The van der Waals surface area contributed by atoms with Gasteiger partial charge in [-0.3, -0.25) is 19.7 Å². The minimum absolute atomic E-state index is 0.00998. The Morgan fingerprint density at radius 3 is 2.61 bits per heavy atom. The fourth-order valence-electron chi connectivity index (χ4n) is 2.41. The Hall–Kier alpha value is -2.27. The summed E-state index contributed by atoms with van der Waals surface area (Å²) in [6.07, 6.45) is 6.18. The van der Waals surface area contributed by atoms with E-state index in [1.165, 1.54) is 0 Å². The van der Waals surface area contributed by atoms with Crippen molar-refractivity contribution in [2.45, 2.75) is 32.9 Å². The number of hydrogen-bond acceptors (Lipinski definition) is 4. The molecule has 0 saturated carbocycles. The third-order valence-electron chi connectivity index (χ3n) is 3.65. The van der Waals surface area contributed by atoms with Crippen LogP contribution in [0, 0.1) is 6.92 Å². The van der Waals surface area contributed by atoms with E-state index in [2.05, 4.69) is 15.3 Å². The molecule has 5 heteroatoms. The Labute approximate surface area is 137 Å². The van der Waals surface area contributed by atoms with Gasteiger partial charge >= 0.3 is 0 Å². The number of likely N-dealkylation sites (N-methyl/N-ethyl adjacent to an activating group) is 1. The molecular weight excluding hydrogens is 288 g/mol. The molecule has 5 nitrogen and oxygen atoms in total. The number of carbonyl (C=O) groups is 1. The molecule has 0 unspecified atom stereocenters.